The van der Waals surface area contributed by atoms with Crippen molar-refractivity contribution in [2.45, 2.75) is 56.8 Å². The van der Waals surface area contributed by atoms with Crippen LogP contribution in [-0.2, 0) is 4.74 Å². The first-order valence-corrected chi connectivity index (χ1v) is 13.0. The molecule has 3 aromatic rings. The van der Waals surface area contributed by atoms with Crippen molar-refractivity contribution in [2.75, 3.05) is 12.8 Å². The van der Waals surface area contributed by atoms with Gasteiger partial charge in [-0.1, -0.05) is 5.21 Å². The topological polar surface area (TPSA) is 73.1 Å². The Labute approximate surface area is 205 Å². The van der Waals surface area contributed by atoms with Crippen molar-refractivity contribution in [2.24, 2.45) is 0 Å². The average molecular weight is 622 g/mol. The predicted octanol–water partition coefficient (Wildman–Crippen LogP) is 6.13. The van der Waals surface area contributed by atoms with E-state index < -0.39 is 11.4 Å². The number of hydrogen-bond acceptors (Lipinski definition) is 6. The van der Waals surface area contributed by atoms with Gasteiger partial charge < -0.3 is 4.74 Å². The zero-order chi connectivity index (χ0) is 22.5. The summed E-state index contributed by atoms with van der Waals surface area (Å²) < 4.78 is 23.6. The lowest BCUT2D eigenvalue weighted by molar-refractivity contribution is -0.00287. The van der Waals surface area contributed by atoms with Crippen LogP contribution in [0.2, 0.25) is 0 Å². The molecule has 0 spiro atoms. The maximum absolute atomic E-state index is 15.1. The standard InChI is InChI=1S/C20H22BrFIN5O2S/c1-20(2,3)30-19(29)27-8-6-5-7-12(27)28-17-10-9-11(23)13(21)14(22)15(10)24-18(31-4)16(17)25-26-28/h9,12H,5-8H2,1-4H3. The van der Waals surface area contributed by atoms with Crippen LogP contribution in [0, 0.1) is 9.39 Å². The molecular formula is C20H22BrFIN5O2S. The van der Waals surface area contributed by atoms with Gasteiger partial charge >= 0.3 is 6.09 Å². The third-order valence-electron chi connectivity index (χ3n) is 5.08. The van der Waals surface area contributed by atoms with Crippen molar-refractivity contribution in [3.05, 3.63) is 19.9 Å². The number of fused-ring (bicyclic) bond motifs is 3. The van der Waals surface area contributed by atoms with Crippen molar-refractivity contribution >= 4 is 78.3 Å². The number of ether oxygens (including phenoxy) is 1. The number of benzene rings is 1. The van der Waals surface area contributed by atoms with Gasteiger partial charge in [0.15, 0.2) is 5.82 Å². The molecule has 1 fully saturated rings. The second kappa shape index (κ2) is 8.62. The minimum absolute atomic E-state index is 0.257. The van der Waals surface area contributed by atoms with E-state index in [1.165, 1.54) is 11.8 Å². The van der Waals surface area contributed by atoms with Gasteiger partial charge in [0, 0.05) is 15.5 Å². The highest BCUT2D eigenvalue weighted by Gasteiger charge is 2.34. The molecule has 2 aromatic heterocycles. The molecule has 3 heterocycles. The lowest BCUT2D eigenvalue weighted by Gasteiger charge is -2.36. The van der Waals surface area contributed by atoms with Crippen LogP contribution in [0.3, 0.4) is 0 Å². The molecule has 0 bridgehead atoms. The van der Waals surface area contributed by atoms with Crippen LogP contribution in [0.1, 0.15) is 46.2 Å². The van der Waals surface area contributed by atoms with Crippen LogP contribution in [0.4, 0.5) is 9.18 Å². The van der Waals surface area contributed by atoms with Gasteiger partial charge in [-0.15, -0.1) is 16.9 Å². The highest BCUT2D eigenvalue weighted by atomic mass is 127. The Kier molecular flexibility index (Phi) is 6.39. The number of pyridine rings is 1. The molecule has 1 unspecified atom stereocenters. The molecule has 0 radical (unpaired) electrons. The molecule has 7 nitrogen and oxygen atoms in total. The van der Waals surface area contributed by atoms with E-state index in [-0.39, 0.29) is 17.8 Å². The summed E-state index contributed by atoms with van der Waals surface area (Å²) in [6.07, 6.45) is 3.68. The third kappa shape index (κ3) is 4.24. The third-order valence-corrected chi connectivity index (χ3v) is 8.12. The maximum atomic E-state index is 15.1. The van der Waals surface area contributed by atoms with Gasteiger partial charge in [0.25, 0.3) is 0 Å². The van der Waals surface area contributed by atoms with Crippen molar-refractivity contribution in [3.8, 4) is 0 Å². The number of carbonyl (C=O) groups excluding carboxylic acids is 1. The Morgan fingerprint density at radius 1 is 1.35 bits per heavy atom. The van der Waals surface area contributed by atoms with Gasteiger partial charge in [-0.25, -0.2) is 18.9 Å². The Hall–Kier alpha value is -1.21. The lowest BCUT2D eigenvalue weighted by Crippen LogP contribution is -2.44. The number of piperidine rings is 1. The summed E-state index contributed by atoms with van der Waals surface area (Å²) in [5, 5.41) is 10.0. The molecule has 1 aliphatic heterocycles. The molecule has 0 saturated carbocycles. The summed E-state index contributed by atoms with van der Waals surface area (Å²) in [4.78, 5) is 19.2. The molecule has 0 N–H and O–H groups in total. The van der Waals surface area contributed by atoms with E-state index in [1.807, 2.05) is 33.1 Å². The highest BCUT2D eigenvalue weighted by Crippen LogP contribution is 2.38. The first-order valence-electron chi connectivity index (χ1n) is 9.88. The molecule has 1 atom stereocenters. The van der Waals surface area contributed by atoms with Gasteiger partial charge in [0.1, 0.15) is 33.3 Å². The van der Waals surface area contributed by atoms with Gasteiger partial charge in [0.2, 0.25) is 0 Å². The number of aromatic nitrogens is 4. The average Bonchev–Trinajstić information content (AvgIpc) is 3.16. The lowest BCUT2D eigenvalue weighted by atomic mass is 10.1. The fourth-order valence-electron chi connectivity index (χ4n) is 3.77. The summed E-state index contributed by atoms with van der Waals surface area (Å²) in [5.41, 5.74) is 0.941. The van der Waals surface area contributed by atoms with Crippen LogP contribution >= 0.6 is 50.3 Å². The molecular weight excluding hydrogens is 600 g/mol. The Morgan fingerprint density at radius 2 is 2.10 bits per heavy atom. The Bertz CT molecular complexity index is 1180. The van der Waals surface area contributed by atoms with E-state index >= 15 is 4.39 Å². The van der Waals surface area contributed by atoms with Gasteiger partial charge in [-0.2, -0.15) is 0 Å². The molecule has 166 valence electrons. The number of thioether (sulfide) groups is 1. The quantitative estimate of drug-likeness (QED) is 0.195. The minimum Gasteiger partial charge on any atom is -0.444 e. The Morgan fingerprint density at radius 3 is 2.77 bits per heavy atom. The van der Waals surface area contributed by atoms with Crippen LogP contribution < -0.4 is 0 Å². The molecule has 1 aromatic carbocycles. The number of likely N-dealkylation sites (tertiary alicyclic amines) is 1. The van der Waals surface area contributed by atoms with Gasteiger partial charge in [-0.3, -0.25) is 4.90 Å². The molecule has 31 heavy (non-hydrogen) atoms. The summed E-state index contributed by atoms with van der Waals surface area (Å²) in [7, 11) is 0. The van der Waals surface area contributed by atoms with Crippen molar-refractivity contribution in [1.29, 1.82) is 0 Å². The number of amides is 1. The van der Waals surface area contributed by atoms with E-state index in [2.05, 4.69) is 53.8 Å². The smallest absolute Gasteiger partial charge is 0.412 e. The van der Waals surface area contributed by atoms with Gasteiger partial charge in [0.05, 0.1) is 4.47 Å². The van der Waals surface area contributed by atoms with Crippen LogP contribution in [0.15, 0.2) is 15.6 Å². The first-order chi connectivity index (χ1) is 14.6. The van der Waals surface area contributed by atoms with Crippen molar-refractivity contribution in [3.63, 3.8) is 0 Å². The summed E-state index contributed by atoms with van der Waals surface area (Å²) >= 11 is 6.80. The fraction of sp³-hybridized carbons (Fsp3) is 0.500. The second-order valence-corrected chi connectivity index (χ2v) is 11.1. The van der Waals surface area contributed by atoms with Crippen molar-refractivity contribution < 1.29 is 13.9 Å². The van der Waals surface area contributed by atoms with E-state index in [0.29, 0.717) is 38.9 Å². The monoisotopic (exact) mass is 621 g/mol. The zero-order valence-corrected chi connectivity index (χ0v) is 22.1. The molecule has 1 saturated heterocycles. The minimum atomic E-state index is -0.600. The van der Waals surface area contributed by atoms with E-state index in [4.69, 9.17) is 4.74 Å². The summed E-state index contributed by atoms with van der Waals surface area (Å²) in [6.45, 7) is 6.11. The van der Waals surface area contributed by atoms with Crippen LogP contribution in [0.25, 0.3) is 21.9 Å². The predicted molar refractivity (Wildman–Crippen MR) is 131 cm³/mol. The number of rotatable bonds is 2. The maximum Gasteiger partial charge on any atom is 0.412 e. The van der Waals surface area contributed by atoms with Crippen LogP contribution in [0.5, 0.6) is 0 Å². The van der Waals surface area contributed by atoms with E-state index in [1.54, 1.807) is 9.58 Å². The zero-order valence-electron chi connectivity index (χ0n) is 17.6. The van der Waals surface area contributed by atoms with Crippen LogP contribution in [-0.4, -0.2) is 49.4 Å². The number of carbonyl (C=O) groups is 1. The second-order valence-electron chi connectivity index (χ2n) is 8.38. The first kappa shape index (κ1) is 23.0. The molecule has 1 aliphatic rings. The number of halogens is 3. The molecule has 4 rings (SSSR count). The SMILES string of the molecule is CSc1nc2c(F)c(Br)c(I)cc2c2c1nnn2C1CCCCN1C(=O)OC(C)(C)C. The van der Waals surface area contributed by atoms with Gasteiger partial charge in [-0.05, 0) is 90.9 Å². The number of nitrogens with zero attached hydrogens (tertiary/aromatic N) is 5. The normalized spacial score (nSPS) is 17.5. The van der Waals surface area contributed by atoms with E-state index in [9.17, 15) is 4.79 Å². The number of hydrogen-bond donors (Lipinski definition) is 0. The highest BCUT2D eigenvalue weighted by molar-refractivity contribution is 14.1. The summed E-state index contributed by atoms with van der Waals surface area (Å²) in [5.74, 6) is -0.417. The van der Waals surface area contributed by atoms with Crippen molar-refractivity contribution in [1.82, 2.24) is 24.9 Å². The summed E-state index contributed by atoms with van der Waals surface area (Å²) in [6, 6.07) is 1.88. The Balaban J connectivity index is 1.94. The largest absolute Gasteiger partial charge is 0.444 e. The molecule has 0 aliphatic carbocycles. The molecule has 11 heteroatoms. The van der Waals surface area contributed by atoms with E-state index in [0.717, 1.165) is 16.4 Å². The fourth-order valence-corrected chi connectivity index (χ4v) is 5.13. The molecule has 1 amide bonds.